The van der Waals surface area contributed by atoms with Crippen LogP contribution in [-0.2, 0) is 33.2 Å². The molecule has 0 unspecified atom stereocenters. The van der Waals surface area contributed by atoms with Crippen molar-refractivity contribution in [2.24, 2.45) is 0 Å². The highest BCUT2D eigenvalue weighted by atomic mass is 16.7. The Hall–Kier alpha value is -1.17. The van der Waals surface area contributed by atoms with Gasteiger partial charge in [0.1, 0.15) is 73.2 Å². The van der Waals surface area contributed by atoms with Gasteiger partial charge in [-0.25, -0.2) is 0 Å². The molecule has 0 aromatic heterocycles. The number of rotatable bonds is 17. The first-order valence-corrected chi connectivity index (χ1v) is 15.1. The molecule has 0 aliphatic carbocycles. The summed E-state index contributed by atoms with van der Waals surface area (Å²) in [4.78, 5) is 10.6. The molecule has 0 radical (unpaired) electrons. The zero-order valence-corrected chi connectivity index (χ0v) is 24.7. The Morgan fingerprint density at radius 3 is 1.60 bits per heavy atom. The maximum Gasteiger partial charge on any atom is 0.303 e. The summed E-state index contributed by atoms with van der Waals surface area (Å²) >= 11 is 0. The molecule has 3 rings (SSSR count). The molecule has 0 aromatic rings. The molecule has 18 heteroatoms. The average molecular weight is 661 g/mol. The summed E-state index contributed by atoms with van der Waals surface area (Å²) < 4.78 is 33.3. The van der Waals surface area contributed by atoms with E-state index in [1.54, 1.807) is 0 Å². The number of unbranched alkanes of at least 4 members (excludes halogenated alkanes) is 5. The van der Waals surface area contributed by atoms with E-state index in [9.17, 15) is 55.9 Å². The minimum absolute atomic E-state index is 0.0972. The molecule has 0 amide bonds. The van der Waals surface area contributed by atoms with E-state index >= 15 is 0 Å². The molecule has 3 fully saturated rings. The predicted octanol–water partition coefficient (Wildman–Crippen LogP) is -4.73. The highest BCUT2D eigenvalue weighted by Crippen LogP contribution is 2.31. The van der Waals surface area contributed by atoms with E-state index in [0.717, 1.165) is 25.7 Å². The summed E-state index contributed by atoms with van der Waals surface area (Å²) in [6.07, 6.45) is -19.7. The second-order valence-corrected chi connectivity index (χ2v) is 11.5. The van der Waals surface area contributed by atoms with Crippen molar-refractivity contribution >= 4 is 5.97 Å². The lowest BCUT2D eigenvalue weighted by atomic mass is 9.96. The van der Waals surface area contributed by atoms with Gasteiger partial charge in [-0.3, -0.25) is 4.79 Å². The molecule has 45 heavy (non-hydrogen) atoms. The molecule has 11 N–H and O–H groups in total. The SMILES string of the molecule is O=C(O)CCCCCCCCO[C@H]1O[C@H](CO[C@H]2O[C@H](CO)[C@@H](O)[C@H](O)[C@@H]2O)[C@@H](O)[C@H](O[C@H]2O[C@H](CO)[C@@H](O)[C@H](O)[C@@H]2O)[C@@H]1O. The standard InChI is InChI=1S/C27H48O18/c28-9-12-16(32)19(35)21(37)25(42-12)41-11-14-18(34)24(45-27-22(38)20(36)17(33)13(10-29)43-27)23(39)26(44-14)40-8-6-4-2-1-3-5-7-15(30)31/h12-14,16-29,32-39H,1-11H2,(H,30,31)/t12-,13-,14-,16-,17-,18-,19+,20+,21+,22+,23+,24+,25+,26+,27-/m1/s1. The molecule has 0 spiro atoms. The van der Waals surface area contributed by atoms with Crippen molar-refractivity contribution in [2.75, 3.05) is 26.4 Å². The van der Waals surface area contributed by atoms with Crippen LogP contribution in [0, 0.1) is 0 Å². The van der Waals surface area contributed by atoms with Crippen molar-refractivity contribution in [2.45, 2.75) is 137 Å². The fourth-order valence-corrected chi connectivity index (χ4v) is 5.35. The highest BCUT2D eigenvalue weighted by molar-refractivity contribution is 5.66. The summed E-state index contributed by atoms with van der Waals surface area (Å²) in [6, 6.07) is 0. The van der Waals surface area contributed by atoms with Gasteiger partial charge in [0.2, 0.25) is 0 Å². The second kappa shape index (κ2) is 18.4. The molecule has 18 nitrogen and oxygen atoms in total. The molecular formula is C27H48O18. The van der Waals surface area contributed by atoms with Gasteiger partial charge in [0, 0.05) is 13.0 Å². The van der Waals surface area contributed by atoms with E-state index in [1.165, 1.54) is 0 Å². The summed E-state index contributed by atoms with van der Waals surface area (Å²) in [5, 5.41) is 111. The van der Waals surface area contributed by atoms with E-state index in [-0.39, 0.29) is 13.0 Å². The van der Waals surface area contributed by atoms with E-state index in [2.05, 4.69) is 0 Å². The number of ether oxygens (including phenoxy) is 6. The van der Waals surface area contributed by atoms with E-state index in [0.29, 0.717) is 12.8 Å². The summed E-state index contributed by atoms with van der Waals surface area (Å²) in [7, 11) is 0. The Kier molecular flexibility index (Phi) is 15.6. The van der Waals surface area contributed by atoms with Crippen molar-refractivity contribution in [1.82, 2.24) is 0 Å². The number of hydrogen-bond donors (Lipinski definition) is 11. The highest BCUT2D eigenvalue weighted by Gasteiger charge is 2.52. The molecule has 264 valence electrons. The van der Waals surface area contributed by atoms with E-state index in [4.69, 9.17) is 33.5 Å². The van der Waals surface area contributed by atoms with Crippen LogP contribution in [0.1, 0.15) is 44.9 Å². The van der Waals surface area contributed by atoms with Gasteiger partial charge in [-0.05, 0) is 12.8 Å². The van der Waals surface area contributed by atoms with Crippen molar-refractivity contribution in [1.29, 1.82) is 0 Å². The lowest BCUT2D eigenvalue weighted by Gasteiger charge is -2.46. The van der Waals surface area contributed by atoms with Crippen molar-refractivity contribution < 1.29 is 89.4 Å². The minimum Gasteiger partial charge on any atom is -0.481 e. The van der Waals surface area contributed by atoms with E-state index < -0.39 is 118 Å². The lowest BCUT2D eigenvalue weighted by Crippen LogP contribution is -2.65. The second-order valence-electron chi connectivity index (χ2n) is 11.5. The summed E-state index contributed by atoms with van der Waals surface area (Å²) in [5.41, 5.74) is 0. The Labute approximate surface area is 259 Å². The molecule has 15 atom stereocenters. The van der Waals surface area contributed by atoms with Crippen LogP contribution in [-0.4, -0.2) is 181 Å². The van der Waals surface area contributed by atoms with Gasteiger partial charge in [-0.15, -0.1) is 0 Å². The number of aliphatic hydroxyl groups excluding tert-OH is 10. The van der Waals surface area contributed by atoms with Gasteiger partial charge in [0.15, 0.2) is 18.9 Å². The quantitative estimate of drug-likeness (QED) is 0.0653. The van der Waals surface area contributed by atoms with Gasteiger partial charge in [-0.2, -0.15) is 0 Å². The Morgan fingerprint density at radius 2 is 1.02 bits per heavy atom. The minimum atomic E-state index is -1.84. The largest absolute Gasteiger partial charge is 0.481 e. The van der Waals surface area contributed by atoms with Crippen LogP contribution >= 0.6 is 0 Å². The molecule has 3 heterocycles. The van der Waals surface area contributed by atoms with Crippen LogP contribution in [0.5, 0.6) is 0 Å². The molecule has 0 bridgehead atoms. The number of hydrogen-bond acceptors (Lipinski definition) is 17. The van der Waals surface area contributed by atoms with Crippen LogP contribution < -0.4 is 0 Å². The van der Waals surface area contributed by atoms with Crippen molar-refractivity contribution in [3.05, 3.63) is 0 Å². The Balaban J connectivity index is 1.64. The van der Waals surface area contributed by atoms with E-state index in [1.807, 2.05) is 0 Å². The maximum absolute atomic E-state index is 11.1. The van der Waals surface area contributed by atoms with Crippen molar-refractivity contribution in [3.8, 4) is 0 Å². The zero-order valence-electron chi connectivity index (χ0n) is 24.7. The zero-order chi connectivity index (χ0) is 33.3. The van der Waals surface area contributed by atoms with Gasteiger partial charge in [0.05, 0.1) is 19.8 Å². The number of carboxylic acids is 1. The molecular weight excluding hydrogens is 612 g/mol. The van der Waals surface area contributed by atoms with Gasteiger partial charge in [-0.1, -0.05) is 25.7 Å². The molecule has 0 saturated carbocycles. The Bertz CT molecular complexity index is 864. The topological polar surface area (TPSA) is 295 Å². The third kappa shape index (κ3) is 10.2. The number of aliphatic carboxylic acids is 1. The van der Waals surface area contributed by atoms with Gasteiger partial charge in [0.25, 0.3) is 0 Å². The van der Waals surface area contributed by atoms with Crippen molar-refractivity contribution in [3.63, 3.8) is 0 Å². The predicted molar refractivity (Wildman–Crippen MR) is 145 cm³/mol. The normalized spacial score (nSPS) is 42.5. The summed E-state index contributed by atoms with van der Waals surface area (Å²) in [5.74, 6) is -0.842. The number of carbonyl (C=O) groups is 1. The third-order valence-corrected chi connectivity index (χ3v) is 8.12. The fraction of sp³-hybridized carbons (Fsp3) is 0.963. The first kappa shape index (κ1) is 38.3. The molecule has 3 saturated heterocycles. The summed E-state index contributed by atoms with van der Waals surface area (Å²) in [6.45, 7) is -1.90. The fourth-order valence-electron chi connectivity index (χ4n) is 5.35. The van der Waals surface area contributed by atoms with Crippen LogP contribution in [0.15, 0.2) is 0 Å². The Morgan fingerprint density at radius 1 is 0.533 bits per heavy atom. The van der Waals surface area contributed by atoms with Gasteiger partial charge < -0.3 is 84.6 Å². The first-order valence-electron chi connectivity index (χ1n) is 15.1. The molecule has 0 aromatic carbocycles. The average Bonchev–Trinajstić information content (AvgIpc) is 3.02. The molecule has 3 aliphatic rings. The maximum atomic E-state index is 11.1. The van der Waals surface area contributed by atoms with Crippen LogP contribution in [0.4, 0.5) is 0 Å². The lowest BCUT2D eigenvalue weighted by molar-refractivity contribution is -0.366. The smallest absolute Gasteiger partial charge is 0.303 e. The first-order chi connectivity index (χ1) is 21.4. The van der Waals surface area contributed by atoms with Crippen LogP contribution in [0.3, 0.4) is 0 Å². The van der Waals surface area contributed by atoms with Crippen LogP contribution in [0.25, 0.3) is 0 Å². The number of carboxylic acid groups (broad SMARTS) is 1. The van der Waals surface area contributed by atoms with Crippen LogP contribution in [0.2, 0.25) is 0 Å². The van der Waals surface area contributed by atoms with Gasteiger partial charge >= 0.3 is 5.97 Å². The number of aliphatic hydroxyl groups is 10. The monoisotopic (exact) mass is 660 g/mol. The molecule has 3 aliphatic heterocycles. The third-order valence-electron chi connectivity index (χ3n) is 8.12.